The summed E-state index contributed by atoms with van der Waals surface area (Å²) < 4.78 is 0. The molecular weight excluding hydrogens is 222 g/mol. The quantitative estimate of drug-likeness (QED) is 0.879. The Balaban J connectivity index is 2.23. The first-order valence-electron chi connectivity index (χ1n) is 5.69. The molecule has 2 rings (SSSR count). The first-order chi connectivity index (χ1) is 7.69. The van der Waals surface area contributed by atoms with Gasteiger partial charge in [0.15, 0.2) is 0 Å². The summed E-state index contributed by atoms with van der Waals surface area (Å²) in [6.07, 6.45) is 1.47. The second-order valence-corrected chi connectivity index (χ2v) is 5.25. The molecule has 0 aromatic carbocycles. The van der Waals surface area contributed by atoms with Crippen molar-refractivity contribution in [2.24, 2.45) is 0 Å². The first kappa shape index (κ1) is 11.6. The molecule has 2 heterocycles. The predicted molar refractivity (Wildman–Crippen MR) is 65.0 cm³/mol. The van der Waals surface area contributed by atoms with E-state index >= 15 is 0 Å². The van der Waals surface area contributed by atoms with Crippen molar-refractivity contribution < 1.29 is 9.90 Å². The summed E-state index contributed by atoms with van der Waals surface area (Å²) in [7, 11) is 0. The van der Waals surface area contributed by atoms with Crippen LogP contribution in [0.25, 0.3) is 0 Å². The minimum atomic E-state index is -0.661. The zero-order valence-electron chi connectivity index (χ0n) is 9.48. The molecule has 0 aliphatic carbocycles. The van der Waals surface area contributed by atoms with Crippen LogP contribution in [0.2, 0.25) is 0 Å². The van der Waals surface area contributed by atoms with Crippen LogP contribution in [0, 0.1) is 0 Å². The average molecular weight is 239 g/mol. The Kier molecular flexibility index (Phi) is 3.30. The van der Waals surface area contributed by atoms with Gasteiger partial charge in [-0.3, -0.25) is 4.79 Å². The Bertz CT molecular complexity index is 353. The van der Waals surface area contributed by atoms with E-state index in [1.165, 1.54) is 0 Å². The van der Waals surface area contributed by atoms with Crippen molar-refractivity contribution >= 4 is 17.3 Å². The van der Waals surface area contributed by atoms with Gasteiger partial charge in [0.25, 0.3) is 0 Å². The van der Waals surface area contributed by atoms with Gasteiger partial charge in [0.2, 0.25) is 0 Å². The van der Waals surface area contributed by atoms with Crippen LogP contribution in [0.1, 0.15) is 24.6 Å². The topological polar surface area (TPSA) is 40.5 Å². The molecule has 4 heteroatoms. The van der Waals surface area contributed by atoms with E-state index in [1.807, 2.05) is 17.5 Å². The van der Waals surface area contributed by atoms with Gasteiger partial charge in [0.05, 0.1) is 0 Å². The molecule has 1 N–H and O–H groups in total. The first-order valence-corrected chi connectivity index (χ1v) is 6.57. The lowest BCUT2D eigenvalue weighted by atomic mass is 9.77. The molecule has 3 nitrogen and oxygen atoms in total. The van der Waals surface area contributed by atoms with Crippen LogP contribution in [0.5, 0.6) is 0 Å². The molecule has 1 aromatic heterocycles. The Hall–Kier alpha value is -0.870. The predicted octanol–water partition coefficient (Wildman–Crippen LogP) is 2.19. The molecule has 1 aromatic rings. The van der Waals surface area contributed by atoms with Gasteiger partial charge in [-0.2, -0.15) is 0 Å². The lowest BCUT2D eigenvalue weighted by Crippen LogP contribution is -2.46. The summed E-state index contributed by atoms with van der Waals surface area (Å²) in [4.78, 5) is 14.9. The molecule has 0 amide bonds. The summed E-state index contributed by atoms with van der Waals surface area (Å²) in [5.41, 5.74) is -0.625. The Labute approximate surface area is 99.7 Å². The second kappa shape index (κ2) is 4.55. The molecular formula is C12H17NO2S. The van der Waals surface area contributed by atoms with Crippen molar-refractivity contribution in [3.63, 3.8) is 0 Å². The SMILES string of the molecule is CCN1CCC(C(=O)O)(c2cccs2)CC1. The number of hydrogen-bond donors (Lipinski definition) is 1. The third-order valence-electron chi connectivity index (χ3n) is 3.56. The molecule has 0 spiro atoms. The van der Waals surface area contributed by atoms with Gasteiger partial charge in [-0.05, 0) is 43.9 Å². The fourth-order valence-electron chi connectivity index (χ4n) is 2.37. The van der Waals surface area contributed by atoms with E-state index in [0.29, 0.717) is 0 Å². The van der Waals surface area contributed by atoms with Gasteiger partial charge in [-0.1, -0.05) is 13.0 Å². The average Bonchev–Trinajstić information content (AvgIpc) is 2.82. The third-order valence-corrected chi connectivity index (χ3v) is 4.63. The smallest absolute Gasteiger partial charge is 0.315 e. The summed E-state index contributed by atoms with van der Waals surface area (Å²) in [6.45, 7) is 4.92. The van der Waals surface area contributed by atoms with Gasteiger partial charge >= 0.3 is 5.97 Å². The molecule has 0 unspecified atom stereocenters. The number of thiophene rings is 1. The minimum absolute atomic E-state index is 0.625. The van der Waals surface area contributed by atoms with Crippen molar-refractivity contribution in [1.29, 1.82) is 0 Å². The lowest BCUT2D eigenvalue weighted by molar-refractivity contribution is -0.145. The molecule has 0 bridgehead atoms. The number of carbonyl (C=O) groups is 1. The van der Waals surface area contributed by atoms with Crippen LogP contribution in [0.4, 0.5) is 0 Å². The maximum Gasteiger partial charge on any atom is 0.315 e. The number of carboxylic acid groups (broad SMARTS) is 1. The summed E-state index contributed by atoms with van der Waals surface area (Å²) in [6, 6.07) is 3.90. The number of piperidine rings is 1. The number of rotatable bonds is 3. The highest BCUT2D eigenvalue weighted by molar-refractivity contribution is 7.10. The van der Waals surface area contributed by atoms with E-state index in [2.05, 4.69) is 11.8 Å². The Morgan fingerprint density at radius 2 is 2.25 bits per heavy atom. The maximum atomic E-state index is 11.6. The standard InChI is InChI=1S/C12H17NO2S/c1-2-13-7-5-12(6-8-13,11(14)15)10-4-3-9-16-10/h3-4,9H,2,5-8H2,1H3,(H,14,15). The van der Waals surface area contributed by atoms with Crippen molar-refractivity contribution in [3.8, 4) is 0 Å². The van der Waals surface area contributed by atoms with Gasteiger partial charge in [-0.25, -0.2) is 0 Å². The highest BCUT2D eigenvalue weighted by Gasteiger charge is 2.43. The van der Waals surface area contributed by atoms with Gasteiger partial charge in [0.1, 0.15) is 5.41 Å². The second-order valence-electron chi connectivity index (χ2n) is 4.30. The lowest BCUT2D eigenvalue weighted by Gasteiger charge is -2.37. The fraction of sp³-hybridized carbons (Fsp3) is 0.583. The van der Waals surface area contributed by atoms with Crippen molar-refractivity contribution in [2.45, 2.75) is 25.2 Å². The van der Waals surface area contributed by atoms with Gasteiger partial charge < -0.3 is 10.0 Å². The molecule has 0 radical (unpaired) electrons. The number of nitrogens with zero attached hydrogens (tertiary/aromatic N) is 1. The number of aliphatic carboxylic acids is 1. The Morgan fingerprint density at radius 3 is 2.69 bits per heavy atom. The van der Waals surface area contributed by atoms with Crippen molar-refractivity contribution in [1.82, 2.24) is 4.90 Å². The molecule has 0 saturated carbocycles. The molecule has 88 valence electrons. The van der Waals surface area contributed by atoms with Gasteiger partial charge in [-0.15, -0.1) is 11.3 Å². The third kappa shape index (κ3) is 1.87. The largest absolute Gasteiger partial charge is 0.481 e. The zero-order valence-corrected chi connectivity index (χ0v) is 10.3. The zero-order chi connectivity index (χ0) is 11.6. The summed E-state index contributed by atoms with van der Waals surface area (Å²) >= 11 is 1.57. The summed E-state index contributed by atoms with van der Waals surface area (Å²) in [5.74, 6) is -0.661. The fourth-order valence-corrected chi connectivity index (χ4v) is 3.35. The maximum absolute atomic E-state index is 11.6. The Morgan fingerprint density at radius 1 is 1.56 bits per heavy atom. The van der Waals surface area contributed by atoms with Crippen LogP contribution in [0.15, 0.2) is 17.5 Å². The molecule has 1 aliphatic heterocycles. The molecule has 0 atom stereocenters. The van der Waals surface area contributed by atoms with E-state index in [9.17, 15) is 9.90 Å². The normalized spacial score (nSPS) is 20.8. The highest BCUT2D eigenvalue weighted by Crippen LogP contribution is 2.38. The van der Waals surface area contributed by atoms with Crippen LogP contribution < -0.4 is 0 Å². The highest BCUT2D eigenvalue weighted by atomic mass is 32.1. The van der Waals surface area contributed by atoms with E-state index < -0.39 is 11.4 Å². The van der Waals surface area contributed by atoms with Gasteiger partial charge in [0, 0.05) is 4.88 Å². The van der Waals surface area contributed by atoms with E-state index in [-0.39, 0.29) is 0 Å². The molecule has 16 heavy (non-hydrogen) atoms. The number of hydrogen-bond acceptors (Lipinski definition) is 3. The number of carboxylic acids is 1. The minimum Gasteiger partial charge on any atom is -0.481 e. The van der Waals surface area contributed by atoms with E-state index in [0.717, 1.165) is 37.4 Å². The molecule has 1 aliphatic rings. The van der Waals surface area contributed by atoms with E-state index in [4.69, 9.17) is 0 Å². The van der Waals surface area contributed by atoms with E-state index in [1.54, 1.807) is 11.3 Å². The van der Waals surface area contributed by atoms with Crippen LogP contribution in [-0.4, -0.2) is 35.6 Å². The van der Waals surface area contributed by atoms with Crippen molar-refractivity contribution in [2.75, 3.05) is 19.6 Å². The van der Waals surface area contributed by atoms with Crippen LogP contribution in [0.3, 0.4) is 0 Å². The summed E-state index contributed by atoms with van der Waals surface area (Å²) in [5, 5.41) is 11.5. The molecule has 1 saturated heterocycles. The van der Waals surface area contributed by atoms with Crippen LogP contribution in [-0.2, 0) is 10.2 Å². The van der Waals surface area contributed by atoms with Crippen LogP contribution >= 0.6 is 11.3 Å². The number of likely N-dealkylation sites (tertiary alicyclic amines) is 1. The molecule has 1 fully saturated rings. The monoisotopic (exact) mass is 239 g/mol. The van der Waals surface area contributed by atoms with Crippen molar-refractivity contribution in [3.05, 3.63) is 22.4 Å².